The van der Waals surface area contributed by atoms with Gasteiger partial charge in [0, 0.05) is 30.6 Å². The monoisotopic (exact) mass is 443 g/mol. The van der Waals surface area contributed by atoms with Crippen molar-refractivity contribution in [1.82, 2.24) is 15.0 Å². The van der Waals surface area contributed by atoms with Crippen molar-refractivity contribution in [1.29, 1.82) is 0 Å². The van der Waals surface area contributed by atoms with Crippen molar-refractivity contribution in [3.8, 4) is 0 Å². The number of hydrogen-bond acceptors (Lipinski definition) is 5. The summed E-state index contributed by atoms with van der Waals surface area (Å²) in [4.78, 5) is 16.3. The molecule has 3 rings (SSSR count). The molecule has 1 aliphatic heterocycles. The van der Waals surface area contributed by atoms with Crippen LogP contribution in [0.4, 0.5) is 4.79 Å². The van der Waals surface area contributed by atoms with Gasteiger partial charge in [0.05, 0.1) is 5.69 Å². The van der Waals surface area contributed by atoms with Crippen molar-refractivity contribution in [2.24, 2.45) is 5.92 Å². The van der Waals surface area contributed by atoms with Gasteiger partial charge in [0.25, 0.3) is 0 Å². The lowest BCUT2D eigenvalue weighted by atomic mass is 9.91. The predicted octanol–water partition coefficient (Wildman–Crippen LogP) is 5.81. The van der Waals surface area contributed by atoms with Gasteiger partial charge in [-0.25, -0.2) is 4.79 Å². The minimum atomic E-state index is -0.441. The number of carbonyl (C=O) groups is 1. The second kappa shape index (κ2) is 10.7. The van der Waals surface area contributed by atoms with E-state index < -0.39 is 5.60 Å². The summed E-state index contributed by atoms with van der Waals surface area (Å²) in [6, 6.07) is 4.48. The normalized spacial score (nSPS) is 15.7. The molecule has 1 aromatic carbocycles. The molecule has 1 amide bonds. The maximum atomic E-state index is 12.3. The van der Waals surface area contributed by atoms with Crippen LogP contribution in [0.1, 0.15) is 76.6 Å². The molecule has 0 bridgehead atoms. The smallest absolute Gasteiger partial charge is 0.410 e. The molecule has 0 aliphatic carbocycles. The number of unbranched alkanes of at least 4 members (excludes halogenated alkanes) is 1. The Labute approximate surface area is 193 Å². The molecule has 1 aromatic heterocycles. The van der Waals surface area contributed by atoms with Crippen LogP contribution in [0.25, 0.3) is 11.0 Å². The molecule has 0 spiro atoms. The first-order valence-corrected chi connectivity index (χ1v) is 12.2. The summed E-state index contributed by atoms with van der Waals surface area (Å²) in [5, 5.41) is 5.63. The summed E-state index contributed by atoms with van der Waals surface area (Å²) in [6.07, 6.45) is 7.30. The van der Waals surface area contributed by atoms with Gasteiger partial charge in [-0.2, -0.15) is 0 Å². The molecule has 0 unspecified atom stereocenters. The van der Waals surface area contributed by atoms with Gasteiger partial charge in [-0.1, -0.05) is 24.6 Å². The Morgan fingerprint density at radius 2 is 1.94 bits per heavy atom. The standard InChI is InChI=1S/C26H41N3O3/c1-7-8-9-20-11-12-21-23(27-32-24(21)22(20)18-28(5)6)13-10-19-14-16-29(17-15-19)25(30)31-26(2,3)4/h11-12,19H,7-10,13-18H2,1-6H3. The summed E-state index contributed by atoms with van der Waals surface area (Å²) in [5.74, 6) is 0.602. The fraction of sp³-hybridized carbons (Fsp3) is 0.692. The number of hydrogen-bond donors (Lipinski definition) is 0. The predicted molar refractivity (Wildman–Crippen MR) is 129 cm³/mol. The zero-order valence-electron chi connectivity index (χ0n) is 20.9. The molecule has 2 aromatic rings. The van der Waals surface area contributed by atoms with Crippen molar-refractivity contribution in [3.05, 3.63) is 29.0 Å². The number of carbonyl (C=O) groups excluding carboxylic acids is 1. The summed E-state index contributed by atoms with van der Waals surface area (Å²) in [5.41, 5.74) is 4.25. The van der Waals surface area contributed by atoms with Gasteiger partial charge in [0.2, 0.25) is 0 Å². The van der Waals surface area contributed by atoms with Crippen molar-refractivity contribution in [3.63, 3.8) is 0 Å². The van der Waals surface area contributed by atoms with E-state index in [9.17, 15) is 4.79 Å². The summed E-state index contributed by atoms with van der Waals surface area (Å²) in [7, 11) is 4.20. The SMILES string of the molecule is CCCCc1ccc2c(CCC3CCN(C(=O)OC(C)(C)C)CC3)noc2c1CN(C)C. The maximum Gasteiger partial charge on any atom is 0.410 e. The summed E-state index contributed by atoms with van der Waals surface area (Å²) < 4.78 is 11.4. The minimum Gasteiger partial charge on any atom is -0.444 e. The third-order valence-electron chi connectivity index (χ3n) is 6.25. The van der Waals surface area contributed by atoms with Gasteiger partial charge in [0.1, 0.15) is 5.60 Å². The third kappa shape index (κ3) is 6.47. The highest BCUT2D eigenvalue weighted by molar-refractivity contribution is 5.83. The molecule has 1 saturated heterocycles. The summed E-state index contributed by atoms with van der Waals surface area (Å²) in [6.45, 7) is 10.4. The van der Waals surface area contributed by atoms with Crippen molar-refractivity contribution < 1.29 is 14.1 Å². The Bertz CT molecular complexity index is 890. The molecule has 1 aliphatic rings. The fourth-order valence-corrected chi connectivity index (χ4v) is 4.49. The lowest BCUT2D eigenvalue weighted by molar-refractivity contribution is 0.0181. The molecule has 0 N–H and O–H groups in total. The van der Waals surface area contributed by atoms with Crippen molar-refractivity contribution in [2.75, 3.05) is 27.2 Å². The Hall–Kier alpha value is -2.08. The Kier molecular flexibility index (Phi) is 8.21. The molecular formula is C26H41N3O3. The van der Waals surface area contributed by atoms with Crippen LogP contribution in [-0.4, -0.2) is 53.8 Å². The molecule has 2 heterocycles. The molecule has 6 nitrogen and oxygen atoms in total. The number of ether oxygens (including phenoxy) is 1. The number of fused-ring (bicyclic) bond motifs is 1. The van der Waals surface area contributed by atoms with Crippen LogP contribution in [0.15, 0.2) is 16.7 Å². The van der Waals surface area contributed by atoms with Crippen LogP contribution in [0, 0.1) is 5.92 Å². The van der Waals surface area contributed by atoms with Crippen LogP contribution in [0.2, 0.25) is 0 Å². The Balaban J connectivity index is 1.62. The average molecular weight is 444 g/mol. The van der Waals surface area contributed by atoms with E-state index in [1.54, 1.807) is 0 Å². The number of rotatable bonds is 8. The van der Waals surface area contributed by atoms with E-state index in [1.807, 2.05) is 25.7 Å². The zero-order chi connectivity index (χ0) is 23.3. The first-order valence-electron chi connectivity index (χ1n) is 12.2. The van der Waals surface area contributed by atoms with Crippen LogP contribution in [0.3, 0.4) is 0 Å². The minimum absolute atomic E-state index is 0.189. The topological polar surface area (TPSA) is 58.8 Å². The van der Waals surface area contributed by atoms with Gasteiger partial charge >= 0.3 is 6.09 Å². The first kappa shape index (κ1) is 24.6. The van der Waals surface area contributed by atoms with E-state index >= 15 is 0 Å². The van der Waals surface area contributed by atoms with E-state index in [0.29, 0.717) is 5.92 Å². The van der Waals surface area contributed by atoms with Gasteiger partial charge in [0.15, 0.2) is 5.58 Å². The lowest BCUT2D eigenvalue weighted by Gasteiger charge is -2.33. The second-order valence-electron chi connectivity index (χ2n) is 10.5. The van der Waals surface area contributed by atoms with Crippen LogP contribution < -0.4 is 0 Å². The number of piperidine rings is 1. The van der Waals surface area contributed by atoms with Crippen LogP contribution in [-0.2, 0) is 24.1 Å². The van der Waals surface area contributed by atoms with Crippen molar-refractivity contribution >= 4 is 17.1 Å². The molecule has 32 heavy (non-hydrogen) atoms. The van der Waals surface area contributed by atoms with Gasteiger partial charge in [-0.05, 0) is 90.9 Å². The molecule has 1 fully saturated rings. The largest absolute Gasteiger partial charge is 0.444 e. The Morgan fingerprint density at radius 1 is 1.22 bits per heavy atom. The molecule has 0 saturated carbocycles. The summed E-state index contributed by atoms with van der Waals surface area (Å²) >= 11 is 0. The first-order chi connectivity index (χ1) is 15.2. The molecule has 0 atom stereocenters. The van der Waals surface area contributed by atoms with E-state index in [-0.39, 0.29) is 6.09 Å². The molecule has 178 valence electrons. The number of amides is 1. The molecule has 6 heteroatoms. The van der Waals surface area contributed by atoms with Gasteiger partial charge in [-0.15, -0.1) is 0 Å². The van der Waals surface area contributed by atoms with Crippen LogP contribution >= 0.6 is 0 Å². The van der Waals surface area contributed by atoms with Crippen molar-refractivity contribution in [2.45, 2.75) is 84.8 Å². The number of aryl methyl sites for hydroxylation is 2. The van der Waals surface area contributed by atoms with Crippen LogP contribution in [0.5, 0.6) is 0 Å². The quantitative estimate of drug-likeness (QED) is 0.515. The number of aromatic nitrogens is 1. The van der Waals surface area contributed by atoms with E-state index in [0.717, 1.165) is 68.4 Å². The van der Waals surface area contributed by atoms with Gasteiger partial charge in [-0.3, -0.25) is 0 Å². The molecule has 0 radical (unpaired) electrons. The highest BCUT2D eigenvalue weighted by Gasteiger charge is 2.27. The van der Waals surface area contributed by atoms with Gasteiger partial charge < -0.3 is 19.1 Å². The van der Waals surface area contributed by atoms with E-state index in [4.69, 9.17) is 9.26 Å². The van der Waals surface area contributed by atoms with E-state index in [1.165, 1.54) is 24.0 Å². The third-order valence-corrected chi connectivity index (χ3v) is 6.25. The second-order valence-corrected chi connectivity index (χ2v) is 10.5. The fourth-order valence-electron chi connectivity index (χ4n) is 4.49. The highest BCUT2D eigenvalue weighted by Crippen LogP contribution is 2.30. The average Bonchev–Trinajstić information content (AvgIpc) is 3.14. The molecular weight excluding hydrogens is 402 g/mol. The highest BCUT2D eigenvalue weighted by atomic mass is 16.6. The lowest BCUT2D eigenvalue weighted by Crippen LogP contribution is -2.41. The zero-order valence-corrected chi connectivity index (χ0v) is 20.9. The maximum absolute atomic E-state index is 12.3. The number of nitrogens with zero attached hydrogens (tertiary/aromatic N) is 3. The Morgan fingerprint density at radius 3 is 2.56 bits per heavy atom. The van der Waals surface area contributed by atoms with E-state index in [2.05, 4.69) is 43.2 Å². The number of benzene rings is 1. The number of likely N-dealkylation sites (tertiary alicyclic amines) is 1.